The highest BCUT2D eigenvalue weighted by atomic mass is 14.8. The van der Waals surface area contributed by atoms with Crippen LogP contribution in [0.5, 0.6) is 0 Å². The van der Waals surface area contributed by atoms with Gasteiger partial charge in [0.05, 0.1) is 5.54 Å². The van der Waals surface area contributed by atoms with Crippen molar-refractivity contribution >= 4 is 0 Å². The Labute approximate surface area is 72.6 Å². The molecule has 12 heavy (non-hydrogen) atoms. The Morgan fingerprint density at radius 2 is 2.08 bits per heavy atom. The normalized spacial score (nSPS) is 27.2. The van der Waals surface area contributed by atoms with E-state index < -0.39 is 0 Å². The fourth-order valence-corrected chi connectivity index (χ4v) is 1.93. The highest BCUT2D eigenvalue weighted by Gasteiger charge is 2.32. The van der Waals surface area contributed by atoms with Gasteiger partial charge >= 0.3 is 0 Å². The predicted octanol–water partition coefficient (Wildman–Crippen LogP) is 0.745. The zero-order chi connectivity index (χ0) is 8.60. The van der Waals surface area contributed by atoms with Crippen LogP contribution in [0.15, 0.2) is 24.3 Å². The summed E-state index contributed by atoms with van der Waals surface area (Å²) in [5.74, 6) is 0. The second-order valence-electron chi connectivity index (χ2n) is 3.52. The van der Waals surface area contributed by atoms with Gasteiger partial charge in [0, 0.05) is 6.54 Å². The van der Waals surface area contributed by atoms with Gasteiger partial charge in [0.2, 0.25) is 0 Å². The van der Waals surface area contributed by atoms with Gasteiger partial charge in [0.15, 0.2) is 0 Å². The van der Waals surface area contributed by atoms with Crippen molar-refractivity contribution in [2.75, 3.05) is 6.54 Å². The van der Waals surface area contributed by atoms with Gasteiger partial charge in [-0.05, 0) is 24.0 Å². The zero-order valence-electron chi connectivity index (χ0n) is 7.09. The van der Waals surface area contributed by atoms with Crippen molar-refractivity contribution in [1.82, 2.24) is 0 Å². The topological polar surface area (TPSA) is 52.0 Å². The monoisotopic (exact) mass is 162 g/mol. The summed E-state index contributed by atoms with van der Waals surface area (Å²) in [6, 6.07) is 8.32. The number of rotatable bonds is 1. The average Bonchev–Trinajstić information content (AvgIpc) is 2.46. The van der Waals surface area contributed by atoms with Gasteiger partial charge in [-0.15, -0.1) is 0 Å². The minimum absolute atomic E-state index is 0.253. The molecular formula is C10H14N2. The van der Waals surface area contributed by atoms with Crippen LogP contribution in [0.25, 0.3) is 0 Å². The van der Waals surface area contributed by atoms with Gasteiger partial charge in [0.1, 0.15) is 0 Å². The second-order valence-corrected chi connectivity index (χ2v) is 3.52. The lowest BCUT2D eigenvalue weighted by molar-refractivity contribution is 0.454. The quantitative estimate of drug-likeness (QED) is 0.640. The molecule has 0 bridgehead atoms. The standard InChI is InChI=1S/C10H14N2/c11-7-10(12)6-5-8-3-1-2-4-9(8)10/h1-4H,5-7,11-12H2. The number of hydrogen-bond donors (Lipinski definition) is 2. The predicted molar refractivity (Wildman–Crippen MR) is 49.7 cm³/mol. The van der Waals surface area contributed by atoms with Crippen LogP contribution >= 0.6 is 0 Å². The number of benzene rings is 1. The lowest BCUT2D eigenvalue weighted by Crippen LogP contribution is -2.41. The largest absolute Gasteiger partial charge is 0.328 e. The van der Waals surface area contributed by atoms with E-state index in [2.05, 4.69) is 18.2 Å². The number of hydrogen-bond acceptors (Lipinski definition) is 2. The molecule has 0 heterocycles. The van der Waals surface area contributed by atoms with E-state index in [9.17, 15) is 0 Å². The van der Waals surface area contributed by atoms with Crippen molar-refractivity contribution in [3.8, 4) is 0 Å². The molecule has 1 unspecified atom stereocenters. The maximum absolute atomic E-state index is 6.14. The molecule has 0 aromatic heterocycles. The molecule has 0 saturated carbocycles. The minimum Gasteiger partial charge on any atom is -0.328 e. The second kappa shape index (κ2) is 2.57. The van der Waals surface area contributed by atoms with Gasteiger partial charge in [-0.1, -0.05) is 24.3 Å². The van der Waals surface area contributed by atoms with Gasteiger partial charge in [0.25, 0.3) is 0 Å². The van der Waals surface area contributed by atoms with E-state index in [1.54, 1.807) is 0 Å². The zero-order valence-corrected chi connectivity index (χ0v) is 7.09. The summed E-state index contributed by atoms with van der Waals surface area (Å²) in [4.78, 5) is 0. The molecule has 64 valence electrons. The van der Waals surface area contributed by atoms with E-state index >= 15 is 0 Å². The molecule has 0 saturated heterocycles. The van der Waals surface area contributed by atoms with E-state index in [1.165, 1.54) is 11.1 Å². The minimum atomic E-state index is -0.253. The van der Waals surface area contributed by atoms with Crippen LogP contribution in [-0.4, -0.2) is 6.54 Å². The molecule has 1 aromatic carbocycles. The van der Waals surface area contributed by atoms with Crippen LogP contribution < -0.4 is 11.5 Å². The molecule has 4 N–H and O–H groups in total. The number of fused-ring (bicyclic) bond motifs is 1. The highest BCUT2D eigenvalue weighted by molar-refractivity contribution is 5.38. The van der Waals surface area contributed by atoms with Crippen LogP contribution in [-0.2, 0) is 12.0 Å². The third-order valence-electron chi connectivity index (χ3n) is 2.76. The fraction of sp³-hybridized carbons (Fsp3) is 0.400. The Kier molecular flexibility index (Phi) is 1.67. The maximum atomic E-state index is 6.14. The Morgan fingerprint density at radius 3 is 2.83 bits per heavy atom. The van der Waals surface area contributed by atoms with Crippen molar-refractivity contribution in [3.63, 3.8) is 0 Å². The van der Waals surface area contributed by atoms with E-state index in [0.717, 1.165) is 12.8 Å². The third-order valence-corrected chi connectivity index (χ3v) is 2.76. The van der Waals surface area contributed by atoms with Gasteiger partial charge in [-0.2, -0.15) is 0 Å². The summed E-state index contributed by atoms with van der Waals surface area (Å²) in [6.45, 7) is 0.546. The molecule has 1 aliphatic rings. The molecular weight excluding hydrogens is 148 g/mol. The fourth-order valence-electron chi connectivity index (χ4n) is 1.93. The molecule has 2 rings (SSSR count). The van der Waals surface area contributed by atoms with E-state index in [1.807, 2.05) is 6.07 Å². The van der Waals surface area contributed by atoms with E-state index in [-0.39, 0.29) is 5.54 Å². The number of nitrogens with two attached hydrogens (primary N) is 2. The number of aryl methyl sites for hydroxylation is 1. The van der Waals surface area contributed by atoms with Crippen molar-refractivity contribution < 1.29 is 0 Å². The van der Waals surface area contributed by atoms with Crippen LogP contribution in [0.1, 0.15) is 17.5 Å². The first-order valence-corrected chi connectivity index (χ1v) is 4.33. The Morgan fingerprint density at radius 1 is 1.33 bits per heavy atom. The Hall–Kier alpha value is -0.860. The van der Waals surface area contributed by atoms with Crippen LogP contribution in [0.2, 0.25) is 0 Å². The Balaban J connectivity index is 2.49. The Bertz CT molecular complexity index is 296. The average molecular weight is 162 g/mol. The first-order chi connectivity index (χ1) is 5.76. The van der Waals surface area contributed by atoms with Crippen molar-refractivity contribution in [1.29, 1.82) is 0 Å². The lowest BCUT2D eigenvalue weighted by Gasteiger charge is -2.22. The van der Waals surface area contributed by atoms with Gasteiger partial charge < -0.3 is 11.5 Å². The lowest BCUT2D eigenvalue weighted by atomic mass is 9.93. The first kappa shape index (κ1) is 7.77. The maximum Gasteiger partial charge on any atom is 0.0539 e. The molecule has 2 nitrogen and oxygen atoms in total. The molecule has 1 atom stereocenters. The smallest absolute Gasteiger partial charge is 0.0539 e. The summed E-state index contributed by atoms with van der Waals surface area (Å²) in [6.07, 6.45) is 2.06. The highest BCUT2D eigenvalue weighted by Crippen LogP contribution is 2.33. The molecule has 1 aromatic rings. The van der Waals surface area contributed by atoms with Crippen LogP contribution in [0.3, 0.4) is 0 Å². The van der Waals surface area contributed by atoms with Crippen molar-refractivity contribution in [2.24, 2.45) is 11.5 Å². The first-order valence-electron chi connectivity index (χ1n) is 4.33. The van der Waals surface area contributed by atoms with E-state index in [0.29, 0.717) is 6.54 Å². The molecule has 0 radical (unpaired) electrons. The summed E-state index contributed by atoms with van der Waals surface area (Å²) in [7, 11) is 0. The molecule has 0 spiro atoms. The summed E-state index contributed by atoms with van der Waals surface area (Å²) < 4.78 is 0. The molecule has 0 aliphatic heterocycles. The summed E-state index contributed by atoms with van der Waals surface area (Å²) in [5.41, 5.74) is 14.2. The van der Waals surface area contributed by atoms with Crippen LogP contribution in [0, 0.1) is 0 Å². The van der Waals surface area contributed by atoms with Crippen molar-refractivity contribution in [2.45, 2.75) is 18.4 Å². The summed E-state index contributed by atoms with van der Waals surface area (Å²) in [5, 5.41) is 0. The van der Waals surface area contributed by atoms with Crippen molar-refractivity contribution in [3.05, 3.63) is 35.4 Å². The SMILES string of the molecule is NCC1(N)CCc2ccccc21. The molecule has 2 heteroatoms. The van der Waals surface area contributed by atoms with Gasteiger partial charge in [-0.3, -0.25) is 0 Å². The third kappa shape index (κ3) is 0.958. The van der Waals surface area contributed by atoms with Gasteiger partial charge in [-0.25, -0.2) is 0 Å². The molecule has 0 amide bonds. The molecule has 1 aliphatic carbocycles. The summed E-state index contributed by atoms with van der Waals surface area (Å²) >= 11 is 0. The molecule has 0 fully saturated rings. The van der Waals surface area contributed by atoms with Crippen LogP contribution in [0.4, 0.5) is 0 Å². The van der Waals surface area contributed by atoms with E-state index in [4.69, 9.17) is 11.5 Å².